The SMILES string of the molecule is Cc1cc(N)ccc1NC(=O)C(C)N(C)Cc1ccco1. The molecule has 0 aliphatic heterocycles. The number of benzene rings is 1. The smallest absolute Gasteiger partial charge is 0.241 e. The molecule has 1 aromatic heterocycles. The second-order valence-electron chi connectivity index (χ2n) is 5.23. The van der Waals surface area contributed by atoms with Crippen molar-refractivity contribution in [3.05, 3.63) is 47.9 Å². The molecule has 1 atom stereocenters. The lowest BCUT2D eigenvalue weighted by Crippen LogP contribution is -2.39. The van der Waals surface area contributed by atoms with E-state index in [1.54, 1.807) is 12.3 Å². The quantitative estimate of drug-likeness (QED) is 0.829. The van der Waals surface area contributed by atoms with Gasteiger partial charge in [-0.3, -0.25) is 9.69 Å². The summed E-state index contributed by atoms with van der Waals surface area (Å²) in [5.41, 5.74) is 8.13. The molecule has 0 saturated heterocycles. The zero-order chi connectivity index (χ0) is 15.4. The van der Waals surface area contributed by atoms with Gasteiger partial charge in [0.25, 0.3) is 0 Å². The van der Waals surface area contributed by atoms with E-state index >= 15 is 0 Å². The van der Waals surface area contributed by atoms with Gasteiger partial charge in [0.05, 0.1) is 18.8 Å². The van der Waals surface area contributed by atoms with Crippen LogP contribution >= 0.6 is 0 Å². The predicted molar refractivity (Wildman–Crippen MR) is 83.9 cm³/mol. The summed E-state index contributed by atoms with van der Waals surface area (Å²) in [6, 6.07) is 8.90. The molecule has 2 aromatic rings. The maximum Gasteiger partial charge on any atom is 0.241 e. The van der Waals surface area contributed by atoms with Crippen LogP contribution in [0.1, 0.15) is 18.2 Å². The van der Waals surface area contributed by atoms with Crippen molar-refractivity contribution in [1.82, 2.24) is 4.90 Å². The molecule has 1 amide bonds. The lowest BCUT2D eigenvalue weighted by atomic mass is 10.1. The number of anilines is 2. The van der Waals surface area contributed by atoms with Crippen molar-refractivity contribution >= 4 is 17.3 Å². The molecule has 0 radical (unpaired) electrons. The van der Waals surface area contributed by atoms with Crippen molar-refractivity contribution in [3.63, 3.8) is 0 Å². The molecule has 1 unspecified atom stereocenters. The molecular formula is C16H21N3O2. The van der Waals surface area contributed by atoms with Gasteiger partial charge >= 0.3 is 0 Å². The summed E-state index contributed by atoms with van der Waals surface area (Å²) in [6.45, 7) is 4.37. The Morgan fingerprint density at radius 3 is 2.81 bits per heavy atom. The fourth-order valence-electron chi connectivity index (χ4n) is 2.05. The zero-order valence-corrected chi connectivity index (χ0v) is 12.6. The Balaban J connectivity index is 1.98. The van der Waals surface area contributed by atoms with Crippen LogP contribution in [0.4, 0.5) is 11.4 Å². The van der Waals surface area contributed by atoms with E-state index in [1.165, 1.54) is 0 Å². The summed E-state index contributed by atoms with van der Waals surface area (Å²) < 4.78 is 5.30. The van der Waals surface area contributed by atoms with Gasteiger partial charge in [-0.15, -0.1) is 0 Å². The second kappa shape index (κ2) is 6.45. The zero-order valence-electron chi connectivity index (χ0n) is 12.6. The van der Waals surface area contributed by atoms with Crippen molar-refractivity contribution in [2.45, 2.75) is 26.4 Å². The molecule has 5 heteroatoms. The maximum absolute atomic E-state index is 12.3. The first-order valence-electron chi connectivity index (χ1n) is 6.87. The number of carbonyl (C=O) groups excluding carboxylic acids is 1. The molecule has 112 valence electrons. The number of nitrogens with two attached hydrogens (primary N) is 1. The van der Waals surface area contributed by atoms with E-state index in [4.69, 9.17) is 10.2 Å². The summed E-state index contributed by atoms with van der Waals surface area (Å²) in [4.78, 5) is 14.2. The molecule has 1 heterocycles. The molecule has 2 rings (SSSR count). The molecule has 0 aliphatic carbocycles. The number of nitrogens with zero attached hydrogens (tertiary/aromatic N) is 1. The topological polar surface area (TPSA) is 71.5 Å². The number of rotatable bonds is 5. The van der Waals surface area contributed by atoms with Gasteiger partial charge in [-0.1, -0.05) is 0 Å². The molecule has 0 fully saturated rings. The highest BCUT2D eigenvalue weighted by molar-refractivity contribution is 5.95. The molecule has 0 saturated carbocycles. The highest BCUT2D eigenvalue weighted by Crippen LogP contribution is 2.18. The Bertz CT molecular complexity index is 608. The molecular weight excluding hydrogens is 266 g/mol. The summed E-state index contributed by atoms with van der Waals surface area (Å²) in [6.07, 6.45) is 1.63. The number of hydrogen-bond donors (Lipinski definition) is 2. The Labute approximate surface area is 124 Å². The van der Waals surface area contributed by atoms with Crippen molar-refractivity contribution in [2.75, 3.05) is 18.1 Å². The maximum atomic E-state index is 12.3. The standard InChI is InChI=1S/C16H21N3O2/c1-11-9-13(17)6-7-15(11)18-16(20)12(2)19(3)10-14-5-4-8-21-14/h4-9,12H,10,17H2,1-3H3,(H,18,20). The van der Waals surface area contributed by atoms with Crippen LogP contribution in [-0.2, 0) is 11.3 Å². The van der Waals surface area contributed by atoms with Gasteiger partial charge in [-0.05, 0) is 56.8 Å². The second-order valence-corrected chi connectivity index (χ2v) is 5.23. The fourth-order valence-corrected chi connectivity index (χ4v) is 2.05. The number of hydrogen-bond acceptors (Lipinski definition) is 4. The van der Waals surface area contributed by atoms with E-state index in [9.17, 15) is 4.79 Å². The summed E-state index contributed by atoms with van der Waals surface area (Å²) in [5.74, 6) is 0.776. The summed E-state index contributed by atoms with van der Waals surface area (Å²) >= 11 is 0. The Hall–Kier alpha value is -2.27. The molecule has 0 spiro atoms. The van der Waals surface area contributed by atoms with Crippen molar-refractivity contribution in [3.8, 4) is 0 Å². The van der Waals surface area contributed by atoms with Crippen LogP contribution in [0.25, 0.3) is 0 Å². The third kappa shape index (κ3) is 3.86. The average Bonchev–Trinajstić information content (AvgIpc) is 2.93. The summed E-state index contributed by atoms with van der Waals surface area (Å²) in [5, 5.41) is 2.93. The third-order valence-corrected chi connectivity index (χ3v) is 3.53. The first-order chi connectivity index (χ1) is 9.97. The number of amides is 1. The van der Waals surface area contributed by atoms with Crippen LogP contribution in [0.2, 0.25) is 0 Å². The normalized spacial score (nSPS) is 12.4. The van der Waals surface area contributed by atoms with Crippen LogP contribution in [0.5, 0.6) is 0 Å². The molecule has 21 heavy (non-hydrogen) atoms. The summed E-state index contributed by atoms with van der Waals surface area (Å²) in [7, 11) is 1.89. The van der Waals surface area contributed by atoms with Gasteiger partial charge in [0.2, 0.25) is 5.91 Å². The Morgan fingerprint density at radius 1 is 1.43 bits per heavy atom. The predicted octanol–water partition coefficient (Wildman–Crippen LogP) is 2.63. The lowest BCUT2D eigenvalue weighted by Gasteiger charge is -2.23. The number of furan rings is 1. The van der Waals surface area contributed by atoms with Gasteiger partial charge < -0.3 is 15.5 Å². The minimum absolute atomic E-state index is 0.0584. The minimum atomic E-state index is -0.271. The van der Waals surface area contributed by atoms with E-state index < -0.39 is 0 Å². The van der Waals surface area contributed by atoms with Crippen LogP contribution in [0.3, 0.4) is 0 Å². The van der Waals surface area contributed by atoms with Crippen LogP contribution in [0, 0.1) is 6.92 Å². The van der Waals surface area contributed by atoms with Gasteiger partial charge in [0.1, 0.15) is 5.76 Å². The number of nitrogens with one attached hydrogen (secondary N) is 1. The molecule has 3 N–H and O–H groups in total. The molecule has 0 aliphatic rings. The number of nitrogen functional groups attached to an aromatic ring is 1. The monoisotopic (exact) mass is 287 g/mol. The number of likely N-dealkylation sites (N-methyl/N-ethyl adjacent to an activating group) is 1. The number of aryl methyl sites for hydroxylation is 1. The van der Waals surface area contributed by atoms with Crippen molar-refractivity contribution in [1.29, 1.82) is 0 Å². The first kappa shape index (κ1) is 15.1. The number of carbonyl (C=O) groups is 1. The fraction of sp³-hybridized carbons (Fsp3) is 0.312. The Morgan fingerprint density at radius 2 is 2.19 bits per heavy atom. The van der Waals surface area contributed by atoms with E-state index in [-0.39, 0.29) is 11.9 Å². The average molecular weight is 287 g/mol. The Kier molecular flexibility index (Phi) is 4.65. The lowest BCUT2D eigenvalue weighted by molar-refractivity contribution is -0.120. The highest BCUT2D eigenvalue weighted by atomic mass is 16.3. The van der Waals surface area contributed by atoms with E-state index in [1.807, 2.05) is 50.1 Å². The van der Waals surface area contributed by atoms with E-state index in [2.05, 4.69) is 5.32 Å². The minimum Gasteiger partial charge on any atom is -0.468 e. The van der Waals surface area contributed by atoms with Crippen molar-refractivity contribution in [2.24, 2.45) is 0 Å². The van der Waals surface area contributed by atoms with Gasteiger partial charge in [-0.25, -0.2) is 0 Å². The molecule has 5 nitrogen and oxygen atoms in total. The van der Waals surface area contributed by atoms with Gasteiger partial charge in [-0.2, -0.15) is 0 Å². The largest absolute Gasteiger partial charge is 0.468 e. The van der Waals surface area contributed by atoms with Crippen LogP contribution in [-0.4, -0.2) is 23.9 Å². The van der Waals surface area contributed by atoms with Gasteiger partial charge in [0, 0.05) is 11.4 Å². The van der Waals surface area contributed by atoms with E-state index in [0.717, 1.165) is 17.0 Å². The van der Waals surface area contributed by atoms with Crippen LogP contribution < -0.4 is 11.1 Å². The van der Waals surface area contributed by atoms with E-state index in [0.29, 0.717) is 12.2 Å². The van der Waals surface area contributed by atoms with Crippen LogP contribution in [0.15, 0.2) is 41.0 Å². The molecule has 1 aromatic carbocycles. The first-order valence-corrected chi connectivity index (χ1v) is 6.87. The highest BCUT2D eigenvalue weighted by Gasteiger charge is 2.19. The van der Waals surface area contributed by atoms with Gasteiger partial charge in [0.15, 0.2) is 0 Å². The molecule has 0 bridgehead atoms. The van der Waals surface area contributed by atoms with Crippen molar-refractivity contribution < 1.29 is 9.21 Å². The third-order valence-electron chi connectivity index (χ3n) is 3.53.